The number of para-hydroxylation sites is 2. The molecule has 0 radical (unpaired) electrons. The van der Waals surface area contributed by atoms with Gasteiger partial charge in [0.15, 0.2) is 0 Å². The van der Waals surface area contributed by atoms with Gasteiger partial charge in [-0.25, -0.2) is 0 Å². The molecular formula is C24H25N5O3. The molecule has 2 aromatic carbocycles. The van der Waals surface area contributed by atoms with E-state index in [1.54, 1.807) is 4.90 Å². The van der Waals surface area contributed by atoms with Crippen molar-refractivity contribution in [1.82, 2.24) is 15.0 Å². The summed E-state index contributed by atoms with van der Waals surface area (Å²) in [5, 5.41) is 6.98. The third-order valence-corrected chi connectivity index (χ3v) is 6.10. The molecule has 1 unspecified atom stereocenters. The predicted molar refractivity (Wildman–Crippen MR) is 120 cm³/mol. The molecule has 3 heterocycles. The number of benzene rings is 2. The second-order valence-electron chi connectivity index (χ2n) is 8.39. The molecule has 0 spiro atoms. The average Bonchev–Trinajstić information content (AvgIpc) is 3.26. The first-order chi connectivity index (χ1) is 15.6. The lowest BCUT2D eigenvalue weighted by molar-refractivity contribution is -0.126. The number of carbonyl (C=O) groups is 2. The minimum Gasteiger partial charge on any atom is -0.338 e. The Balaban J connectivity index is 1.28. The number of amides is 2. The van der Waals surface area contributed by atoms with Crippen molar-refractivity contribution in [2.75, 3.05) is 29.9 Å². The largest absolute Gasteiger partial charge is 0.338 e. The average molecular weight is 431 g/mol. The maximum absolute atomic E-state index is 13.4. The van der Waals surface area contributed by atoms with E-state index in [4.69, 9.17) is 4.52 Å². The van der Waals surface area contributed by atoms with Gasteiger partial charge in [-0.2, -0.15) is 4.98 Å². The van der Waals surface area contributed by atoms with Gasteiger partial charge in [0.2, 0.25) is 23.5 Å². The zero-order valence-corrected chi connectivity index (χ0v) is 18.0. The molecule has 1 aromatic heterocycles. The molecule has 1 saturated heterocycles. The molecule has 0 bridgehead atoms. The highest BCUT2D eigenvalue weighted by molar-refractivity contribution is 6.10. The molecule has 8 heteroatoms. The van der Waals surface area contributed by atoms with Gasteiger partial charge in [-0.3, -0.25) is 14.5 Å². The van der Waals surface area contributed by atoms with Crippen LogP contribution in [0.2, 0.25) is 0 Å². The van der Waals surface area contributed by atoms with Crippen molar-refractivity contribution in [3.05, 3.63) is 60.0 Å². The van der Waals surface area contributed by atoms with E-state index in [1.165, 1.54) is 0 Å². The summed E-state index contributed by atoms with van der Waals surface area (Å²) in [5.74, 6) is 0.765. The number of hydrogen-bond acceptors (Lipinski definition) is 6. The zero-order chi connectivity index (χ0) is 22.1. The van der Waals surface area contributed by atoms with E-state index in [1.807, 2.05) is 55.5 Å². The van der Waals surface area contributed by atoms with Gasteiger partial charge in [0, 0.05) is 12.1 Å². The van der Waals surface area contributed by atoms with E-state index in [9.17, 15) is 9.59 Å². The van der Waals surface area contributed by atoms with Crippen molar-refractivity contribution in [3.8, 4) is 11.4 Å². The van der Waals surface area contributed by atoms with Gasteiger partial charge in [-0.15, -0.1) is 0 Å². The van der Waals surface area contributed by atoms with Crippen LogP contribution in [0.5, 0.6) is 0 Å². The number of piperidine rings is 1. The van der Waals surface area contributed by atoms with Crippen molar-refractivity contribution >= 4 is 23.2 Å². The lowest BCUT2D eigenvalue weighted by atomic mass is 9.95. The Labute approximate surface area is 186 Å². The predicted octanol–water partition coefficient (Wildman–Crippen LogP) is 3.24. The smallest absolute Gasteiger partial charge is 0.244 e. The third-order valence-electron chi connectivity index (χ3n) is 6.10. The van der Waals surface area contributed by atoms with Crippen LogP contribution in [0, 0.1) is 12.8 Å². The summed E-state index contributed by atoms with van der Waals surface area (Å²) in [6, 6.07) is 15.4. The molecule has 32 heavy (non-hydrogen) atoms. The maximum atomic E-state index is 13.4. The topological polar surface area (TPSA) is 91.6 Å². The number of nitrogens with zero attached hydrogens (tertiary/aromatic N) is 4. The Morgan fingerprint density at radius 2 is 2.00 bits per heavy atom. The fourth-order valence-corrected chi connectivity index (χ4v) is 4.49. The second-order valence-corrected chi connectivity index (χ2v) is 8.39. The number of aromatic nitrogens is 2. The molecule has 0 saturated carbocycles. The molecule has 2 aliphatic rings. The van der Waals surface area contributed by atoms with Crippen LogP contribution in [0.25, 0.3) is 11.4 Å². The molecule has 1 atom stereocenters. The van der Waals surface area contributed by atoms with Crippen LogP contribution in [0.15, 0.2) is 53.1 Å². The molecule has 1 N–H and O–H groups in total. The summed E-state index contributed by atoms with van der Waals surface area (Å²) in [6.07, 6.45) is 1.70. The van der Waals surface area contributed by atoms with Gasteiger partial charge in [0.1, 0.15) is 6.54 Å². The van der Waals surface area contributed by atoms with Gasteiger partial charge < -0.3 is 14.7 Å². The summed E-state index contributed by atoms with van der Waals surface area (Å²) in [7, 11) is 0. The SMILES string of the molecule is Cc1ccccc1-c1noc(CN2CCCC(C(=O)N3CC(=O)Nc4ccccc43)C2)n1. The van der Waals surface area contributed by atoms with Crippen LogP contribution < -0.4 is 10.2 Å². The molecule has 1 fully saturated rings. The summed E-state index contributed by atoms with van der Waals surface area (Å²) < 4.78 is 5.50. The van der Waals surface area contributed by atoms with Crippen molar-refractivity contribution in [3.63, 3.8) is 0 Å². The molecular weight excluding hydrogens is 406 g/mol. The van der Waals surface area contributed by atoms with E-state index in [2.05, 4.69) is 20.4 Å². The Hall–Kier alpha value is -3.52. The summed E-state index contributed by atoms with van der Waals surface area (Å²) in [5.41, 5.74) is 3.49. The van der Waals surface area contributed by atoms with Crippen LogP contribution in [0.4, 0.5) is 11.4 Å². The maximum Gasteiger partial charge on any atom is 0.244 e. The molecule has 2 amide bonds. The first-order valence-electron chi connectivity index (χ1n) is 10.9. The first kappa shape index (κ1) is 20.4. The Bertz CT molecular complexity index is 1160. The number of nitrogens with one attached hydrogen (secondary N) is 1. The molecule has 8 nitrogen and oxygen atoms in total. The summed E-state index contributed by atoms with van der Waals surface area (Å²) in [4.78, 5) is 33.8. The van der Waals surface area contributed by atoms with Gasteiger partial charge in [-0.1, -0.05) is 41.6 Å². The summed E-state index contributed by atoms with van der Waals surface area (Å²) >= 11 is 0. The second kappa shape index (κ2) is 8.55. The standard InChI is InChI=1S/C24H25N5O3/c1-16-7-2-3-9-18(16)23-26-22(32-27-23)15-28-12-6-8-17(13-28)24(31)29-14-21(30)25-19-10-4-5-11-20(19)29/h2-5,7,9-11,17H,6,8,12-15H2,1H3,(H,25,30). The van der Waals surface area contributed by atoms with E-state index in [0.717, 1.165) is 36.2 Å². The van der Waals surface area contributed by atoms with Crippen LogP contribution >= 0.6 is 0 Å². The number of likely N-dealkylation sites (tertiary alicyclic amines) is 1. The van der Waals surface area contributed by atoms with Crippen molar-refractivity contribution in [2.45, 2.75) is 26.3 Å². The quantitative estimate of drug-likeness (QED) is 0.682. The Morgan fingerprint density at radius 3 is 2.88 bits per heavy atom. The fourth-order valence-electron chi connectivity index (χ4n) is 4.49. The lowest BCUT2D eigenvalue weighted by Gasteiger charge is -2.36. The monoisotopic (exact) mass is 431 g/mol. The molecule has 0 aliphatic carbocycles. The Morgan fingerprint density at radius 1 is 1.19 bits per heavy atom. The zero-order valence-electron chi connectivity index (χ0n) is 18.0. The van der Waals surface area contributed by atoms with Gasteiger partial charge in [0.25, 0.3) is 0 Å². The van der Waals surface area contributed by atoms with E-state index >= 15 is 0 Å². The Kier molecular flexibility index (Phi) is 5.45. The molecule has 5 rings (SSSR count). The van der Waals surface area contributed by atoms with Crippen LogP contribution in [0.3, 0.4) is 0 Å². The number of rotatable bonds is 4. The minimum atomic E-state index is -0.179. The number of hydrogen-bond donors (Lipinski definition) is 1. The lowest BCUT2D eigenvalue weighted by Crippen LogP contribution is -2.48. The highest BCUT2D eigenvalue weighted by atomic mass is 16.5. The highest BCUT2D eigenvalue weighted by Crippen LogP contribution is 2.31. The number of fused-ring (bicyclic) bond motifs is 1. The van der Waals surface area contributed by atoms with Gasteiger partial charge >= 0.3 is 0 Å². The van der Waals surface area contributed by atoms with Crippen LogP contribution in [0.1, 0.15) is 24.3 Å². The first-order valence-corrected chi connectivity index (χ1v) is 10.9. The van der Waals surface area contributed by atoms with Gasteiger partial charge in [0.05, 0.1) is 23.8 Å². The van der Waals surface area contributed by atoms with E-state index in [0.29, 0.717) is 30.5 Å². The van der Waals surface area contributed by atoms with Crippen molar-refractivity contribution in [2.24, 2.45) is 5.92 Å². The summed E-state index contributed by atoms with van der Waals surface area (Å²) in [6.45, 7) is 4.03. The van der Waals surface area contributed by atoms with Gasteiger partial charge in [-0.05, 0) is 44.0 Å². The number of aryl methyl sites for hydroxylation is 1. The molecule has 2 aliphatic heterocycles. The number of anilines is 2. The van der Waals surface area contributed by atoms with Crippen LogP contribution in [-0.2, 0) is 16.1 Å². The number of carbonyl (C=O) groups excluding carboxylic acids is 2. The van der Waals surface area contributed by atoms with Crippen LogP contribution in [-0.4, -0.2) is 46.5 Å². The van der Waals surface area contributed by atoms with E-state index < -0.39 is 0 Å². The third kappa shape index (κ3) is 4.01. The van der Waals surface area contributed by atoms with E-state index in [-0.39, 0.29) is 24.3 Å². The minimum absolute atomic E-state index is 0.0110. The van der Waals surface area contributed by atoms with Crippen molar-refractivity contribution < 1.29 is 14.1 Å². The highest BCUT2D eigenvalue weighted by Gasteiger charge is 2.34. The normalized spacial score (nSPS) is 18.8. The molecule has 164 valence electrons. The fraction of sp³-hybridized carbons (Fsp3) is 0.333. The van der Waals surface area contributed by atoms with Crippen molar-refractivity contribution in [1.29, 1.82) is 0 Å². The molecule has 3 aromatic rings.